The number of methoxy groups -OCH3 is 1. The summed E-state index contributed by atoms with van der Waals surface area (Å²) >= 11 is 0. The number of para-hydroxylation sites is 1. The maximum Gasteiger partial charge on any atom is 0.278 e. The molecule has 3 aromatic carbocycles. The molecule has 0 saturated carbocycles. The largest absolute Gasteiger partial charge is 0.496 e. The number of ether oxygens (including phenoxy) is 1. The molecule has 2 amide bonds. The molecule has 0 fully saturated rings. The third kappa shape index (κ3) is 3.70. The van der Waals surface area contributed by atoms with Crippen LogP contribution in [0.1, 0.15) is 16.7 Å². The highest BCUT2D eigenvalue weighted by atomic mass is 16.5. The van der Waals surface area contributed by atoms with Crippen molar-refractivity contribution in [1.29, 1.82) is 0 Å². The van der Waals surface area contributed by atoms with E-state index in [4.69, 9.17) is 4.74 Å². The molecule has 150 valence electrons. The lowest BCUT2D eigenvalue weighted by molar-refractivity contribution is -0.137. The van der Waals surface area contributed by atoms with Crippen LogP contribution in [0.4, 0.5) is 5.69 Å². The van der Waals surface area contributed by atoms with E-state index in [9.17, 15) is 9.59 Å². The predicted octanol–water partition coefficient (Wildman–Crippen LogP) is 4.40. The van der Waals surface area contributed by atoms with Crippen LogP contribution in [0.5, 0.6) is 5.75 Å². The highest BCUT2D eigenvalue weighted by Gasteiger charge is 2.39. The maximum atomic E-state index is 13.4. The summed E-state index contributed by atoms with van der Waals surface area (Å²) in [5.41, 5.74) is 3.95. The highest BCUT2D eigenvalue weighted by Crippen LogP contribution is 2.32. The second-order valence-corrected chi connectivity index (χ2v) is 7.12. The van der Waals surface area contributed by atoms with Gasteiger partial charge in [-0.05, 0) is 36.2 Å². The molecule has 0 unspecified atom stereocenters. The minimum absolute atomic E-state index is 0.136. The molecule has 1 N–H and O–H groups in total. The topological polar surface area (TPSA) is 58.6 Å². The maximum absolute atomic E-state index is 13.4. The molecule has 1 aliphatic heterocycles. The Hall–Kier alpha value is -3.86. The lowest BCUT2D eigenvalue weighted by atomic mass is 10.0. The first kappa shape index (κ1) is 19.5. The number of anilines is 1. The molecule has 0 atom stereocenters. The number of rotatable bonds is 6. The summed E-state index contributed by atoms with van der Waals surface area (Å²) in [4.78, 5) is 28.0. The van der Waals surface area contributed by atoms with Gasteiger partial charge < -0.3 is 10.1 Å². The summed E-state index contributed by atoms with van der Waals surface area (Å²) in [5.74, 6) is -0.0435. The molecule has 3 aromatic rings. The molecule has 5 nitrogen and oxygen atoms in total. The standard InChI is InChI=1S/C25H22N2O3/c1-17-9-8-13-20(15-17)26-23-22(18-10-4-3-5-11-18)24(28)27(25(23)29)16-19-12-6-7-14-21(19)30-2/h3-15,26H,16H2,1-2H3. The molecule has 30 heavy (non-hydrogen) atoms. The number of carbonyl (C=O) groups excluding carboxylic acids is 2. The highest BCUT2D eigenvalue weighted by molar-refractivity contribution is 6.36. The van der Waals surface area contributed by atoms with Gasteiger partial charge in [-0.15, -0.1) is 0 Å². The van der Waals surface area contributed by atoms with Crippen LogP contribution in [0.2, 0.25) is 0 Å². The fraction of sp³-hybridized carbons (Fsp3) is 0.120. The molecule has 0 aromatic heterocycles. The van der Waals surface area contributed by atoms with Gasteiger partial charge >= 0.3 is 0 Å². The molecule has 4 rings (SSSR count). The Morgan fingerprint density at radius 3 is 2.33 bits per heavy atom. The van der Waals surface area contributed by atoms with Crippen LogP contribution < -0.4 is 10.1 Å². The van der Waals surface area contributed by atoms with Crippen molar-refractivity contribution < 1.29 is 14.3 Å². The molecule has 1 aliphatic rings. The van der Waals surface area contributed by atoms with Gasteiger partial charge in [0.05, 0.1) is 19.2 Å². The van der Waals surface area contributed by atoms with Crippen LogP contribution in [0, 0.1) is 6.92 Å². The van der Waals surface area contributed by atoms with Gasteiger partial charge in [0.15, 0.2) is 0 Å². The molecule has 5 heteroatoms. The number of nitrogens with zero attached hydrogens (tertiary/aromatic N) is 1. The van der Waals surface area contributed by atoms with Gasteiger partial charge in [-0.1, -0.05) is 60.7 Å². The summed E-state index contributed by atoms with van der Waals surface area (Å²) in [6, 6.07) is 24.4. The zero-order valence-electron chi connectivity index (χ0n) is 16.9. The van der Waals surface area contributed by atoms with Gasteiger partial charge in [0.25, 0.3) is 11.8 Å². The number of aryl methyl sites for hydroxylation is 1. The van der Waals surface area contributed by atoms with Crippen molar-refractivity contribution in [3.05, 3.63) is 101 Å². The van der Waals surface area contributed by atoms with E-state index in [0.717, 1.165) is 16.8 Å². The van der Waals surface area contributed by atoms with Gasteiger partial charge in [-0.25, -0.2) is 0 Å². The van der Waals surface area contributed by atoms with Crippen molar-refractivity contribution in [2.24, 2.45) is 0 Å². The monoisotopic (exact) mass is 398 g/mol. The summed E-state index contributed by atoms with van der Waals surface area (Å²) in [6.07, 6.45) is 0. The Labute approximate surface area is 175 Å². The molecular weight excluding hydrogens is 376 g/mol. The van der Waals surface area contributed by atoms with Crippen LogP contribution in [0.25, 0.3) is 5.57 Å². The van der Waals surface area contributed by atoms with Crippen LogP contribution in [0.3, 0.4) is 0 Å². The van der Waals surface area contributed by atoms with E-state index < -0.39 is 0 Å². The van der Waals surface area contributed by atoms with Crippen molar-refractivity contribution in [3.8, 4) is 5.75 Å². The SMILES string of the molecule is COc1ccccc1CN1C(=O)C(Nc2cccc(C)c2)=C(c2ccccc2)C1=O. The van der Waals surface area contributed by atoms with Crippen LogP contribution >= 0.6 is 0 Å². The Morgan fingerprint density at radius 1 is 0.867 bits per heavy atom. The lowest BCUT2D eigenvalue weighted by Gasteiger charge is -2.17. The molecule has 0 radical (unpaired) electrons. The number of carbonyl (C=O) groups is 2. The van der Waals surface area contributed by atoms with E-state index in [0.29, 0.717) is 16.9 Å². The second-order valence-electron chi connectivity index (χ2n) is 7.12. The first-order chi connectivity index (χ1) is 14.6. The average Bonchev–Trinajstić information content (AvgIpc) is 2.99. The smallest absolute Gasteiger partial charge is 0.278 e. The predicted molar refractivity (Wildman–Crippen MR) is 117 cm³/mol. The summed E-state index contributed by atoms with van der Waals surface area (Å²) in [5, 5.41) is 3.19. The Kier molecular flexibility index (Phi) is 5.35. The minimum atomic E-state index is -0.355. The number of benzene rings is 3. The van der Waals surface area contributed by atoms with Crippen LogP contribution in [-0.4, -0.2) is 23.8 Å². The van der Waals surface area contributed by atoms with Crippen molar-refractivity contribution in [2.45, 2.75) is 13.5 Å². The van der Waals surface area contributed by atoms with Crippen LogP contribution in [0.15, 0.2) is 84.6 Å². The third-order valence-corrected chi connectivity index (χ3v) is 5.04. The van der Waals surface area contributed by atoms with Crippen molar-refractivity contribution in [2.75, 3.05) is 12.4 Å². The molecule has 0 saturated heterocycles. The Morgan fingerprint density at radius 2 is 1.60 bits per heavy atom. The van der Waals surface area contributed by atoms with Gasteiger partial charge in [0, 0.05) is 11.3 Å². The second kappa shape index (κ2) is 8.25. The Balaban J connectivity index is 1.74. The average molecular weight is 398 g/mol. The number of hydrogen-bond acceptors (Lipinski definition) is 4. The van der Waals surface area contributed by atoms with E-state index in [1.807, 2.05) is 85.8 Å². The molecular formula is C25H22N2O3. The van der Waals surface area contributed by atoms with Crippen molar-refractivity contribution >= 4 is 23.1 Å². The lowest BCUT2D eigenvalue weighted by Crippen LogP contribution is -2.32. The van der Waals surface area contributed by atoms with E-state index in [-0.39, 0.29) is 24.1 Å². The van der Waals surface area contributed by atoms with Gasteiger partial charge in [-0.3, -0.25) is 14.5 Å². The number of hydrogen-bond donors (Lipinski definition) is 1. The summed E-state index contributed by atoms with van der Waals surface area (Å²) in [7, 11) is 1.57. The first-order valence-corrected chi connectivity index (χ1v) is 9.70. The number of imide groups is 1. The minimum Gasteiger partial charge on any atom is -0.496 e. The van der Waals surface area contributed by atoms with Gasteiger partial charge in [-0.2, -0.15) is 0 Å². The Bertz CT molecular complexity index is 1140. The first-order valence-electron chi connectivity index (χ1n) is 9.70. The van der Waals surface area contributed by atoms with E-state index in [2.05, 4.69) is 5.32 Å². The van der Waals surface area contributed by atoms with Crippen molar-refractivity contribution in [3.63, 3.8) is 0 Å². The van der Waals surface area contributed by atoms with Gasteiger partial charge in [0.2, 0.25) is 0 Å². The molecule has 0 aliphatic carbocycles. The van der Waals surface area contributed by atoms with E-state index in [1.54, 1.807) is 7.11 Å². The summed E-state index contributed by atoms with van der Waals surface area (Å²) in [6.45, 7) is 2.12. The van der Waals surface area contributed by atoms with E-state index in [1.165, 1.54) is 4.90 Å². The molecule has 1 heterocycles. The fourth-order valence-corrected chi connectivity index (χ4v) is 3.58. The number of amides is 2. The zero-order chi connectivity index (χ0) is 21.1. The normalized spacial score (nSPS) is 13.7. The zero-order valence-corrected chi connectivity index (χ0v) is 16.9. The van der Waals surface area contributed by atoms with E-state index >= 15 is 0 Å². The van der Waals surface area contributed by atoms with Gasteiger partial charge in [0.1, 0.15) is 11.4 Å². The van der Waals surface area contributed by atoms with Crippen molar-refractivity contribution in [1.82, 2.24) is 4.90 Å². The summed E-state index contributed by atoms with van der Waals surface area (Å²) < 4.78 is 5.39. The quantitative estimate of drug-likeness (QED) is 0.626. The fourth-order valence-electron chi connectivity index (χ4n) is 3.58. The third-order valence-electron chi connectivity index (χ3n) is 5.04. The number of nitrogens with one attached hydrogen (secondary N) is 1. The molecule has 0 spiro atoms. The van der Waals surface area contributed by atoms with Crippen LogP contribution in [-0.2, 0) is 16.1 Å². The molecule has 0 bridgehead atoms.